The number of hydrogen-bond acceptors (Lipinski definition) is 2. The fourth-order valence-electron chi connectivity index (χ4n) is 2.54. The number of fused-ring (bicyclic) bond motifs is 3. The molecule has 2 nitrogen and oxygen atoms in total. The van der Waals surface area contributed by atoms with Gasteiger partial charge in [-0.2, -0.15) is 0 Å². The van der Waals surface area contributed by atoms with E-state index in [0.29, 0.717) is 6.61 Å². The smallest absolute Gasteiger partial charge is 0.0788 e. The maximum atomic E-state index is 5.22. The molecule has 2 N–H and O–H groups in total. The zero-order chi connectivity index (χ0) is 11.0. The van der Waals surface area contributed by atoms with Crippen molar-refractivity contribution >= 4 is 0 Å². The topological polar surface area (TPSA) is 35.2 Å². The highest BCUT2D eigenvalue weighted by molar-refractivity contribution is 5.78. The van der Waals surface area contributed by atoms with E-state index < -0.39 is 0 Å². The molecule has 2 aromatic carbocycles. The molecule has 0 unspecified atom stereocenters. The minimum absolute atomic E-state index is 0.275. The predicted molar refractivity (Wildman–Crippen MR) is 63.9 cm³/mol. The van der Waals surface area contributed by atoms with Gasteiger partial charge in [0.05, 0.1) is 6.61 Å². The molecule has 2 heteroatoms. The van der Waals surface area contributed by atoms with E-state index in [2.05, 4.69) is 48.5 Å². The van der Waals surface area contributed by atoms with E-state index in [1.54, 1.807) is 0 Å². The summed E-state index contributed by atoms with van der Waals surface area (Å²) in [6.45, 7) is 0.536. The van der Waals surface area contributed by atoms with Crippen LogP contribution in [-0.4, -0.2) is 6.61 Å². The van der Waals surface area contributed by atoms with Gasteiger partial charge in [-0.3, -0.25) is 0 Å². The first-order chi connectivity index (χ1) is 7.92. The molecular formula is C14H13NO. The molecule has 0 saturated heterocycles. The van der Waals surface area contributed by atoms with Gasteiger partial charge in [0, 0.05) is 5.92 Å². The predicted octanol–water partition coefficient (Wildman–Crippen LogP) is 2.69. The molecule has 0 bridgehead atoms. The van der Waals surface area contributed by atoms with Crippen molar-refractivity contribution < 1.29 is 4.84 Å². The summed E-state index contributed by atoms with van der Waals surface area (Å²) in [6, 6.07) is 16.9. The highest BCUT2D eigenvalue weighted by atomic mass is 16.6. The zero-order valence-electron chi connectivity index (χ0n) is 8.89. The minimum Gasteiger partial charge on any atom is -0.304 e. The average molecular weight is 211 g/mol. The van der Waals surface area contributed by atoms with Crippen molar-refractivity contribution in [2.24, 2.45) is 5.90 Å². The largest absolute Gasteiger partial charge is 0.304 e. The Kier molecular flexibility index (Phi) is 2.24. The summed E-state index contributed by atoms with van der Waals surface area (Å²) >= 11 is 0. The first-order valence-corrected chi connectivity index (χ1v) is 5.41. The van der Waals surface area contributed by atoms with Crippen molar-refractivity contribution in [3.63, 3.8) is 0 Å². The molecule has 0 amide bonds. The standard InChI is InChI=1S/C14H13NO/c15-16-9-14-12-7-3-1-5-10(12)11-6-2-4-8-13(11)14/h1-8,14H,9,15H2. The number of rotatable bonds is 2. The van der Waals surface area contributed by atoms with Crippen LogP contribution in [0.4, 0.5) is 0 Å². The molecule has 3 rings (SSSR count). The Bertz CT molecular complexity index is 476. The van der Waals surface area contributed by atoms with Crippen LogP contribution in [0.5, 0.6) is 0 Å². The lowest BCUT2D eigenvalue weighted by Gasteiger charge is -2.11. The van der Waals surface area contributed by atoms with Gasteiger partial charge in [-0.15, -0.1) is 0 Å². The quantitative estimate of drug-likeness (QED) is 0.775. The molecule has 16 heavy (non-hydrogen) atoms. The highest BCUT2D eigenvalue weighted by Gasteiger charge is 2.27. The molecule has 0 heterocycles. The van der Waals surface area contributed by atoms with Crippen LogP contribution in [0.2, 0.25) is 0 Å². The third kappa shape index (κ3) is 1.28. The van der Waals surface area contributed by atoms with Gasteiger partial charge in [0.2, 0.25) is 0 Å². The van der Waals surface area contributed by atoms with Crippen LogP contribution in [-0.2, 0) is 4.84 Å². The number of nitrogens with two attached hydrogens (primary N) is 1. The van der Waals surface area contributed by atoms with Crippen molar-refractivity contribution in [2.75, 3.05) is 6.61 Å². The van der Waals surface area contributed by atoms with Gasteiger partial charge in [-0.05, 0) is 22.3 Å². The Hall–Kier alpha value is -1.64. The Morgan fingerprint density at radius 1 is 0.875 bits per heavy atom. The molecule has 0 spiro atoms. The van der Waals surface area contributed by atoms with E-state index in [9.17, 15) is 0 Å². The average Bonchev–Trinajstić information content (AvgIpc) is 2.66. The molecule has 0 saturated carbocycles. The molecule has 0 aromatic heterocycles. The third-order valence-electron chi connectivity index (χ3n) is 3.23. The molecule has 1 aliphatic rings. The van der Waals surface area contributed by atoms with Gasteiger partial charge in [0.1, 0.15) is 0 Å². The summed E-state index contributed by atoms with van der Waals surface area (Å²) in [5.41, 5.74) is 5.24. The van der Waals surface area contributed by atoms with E-state index in [4.69, 9.17) is 10.7 Å². The van der Waals surface area contributed by atoms with Crippen LogP contribution in [0.25, 0.3) is 11.1 Å². The van der Waals surface area contributed by atoms with Crippen molar-refractivity contribution in [3.05, 3.63) is 59.7 Å². The fraction of sp³-hybridized carbons (Fsp3) is 0.143. The van der Waals surface area contributed by atoms with Crippen LogP contribution in [0, 0.1) is 0 Å². The highest BCUT2D eigenvalue weighted by Crippen LogP contribution is 2.44. The molecule has 0 atom stereocenters. The van der Waals surface area contributed by atoms with E-state index >= 15 is 0 Å². The summed E-state index contributed by atoms with van der Waals surface area (Å²) in [4.78, 5) is 4.84. The molecule has 0 fully saturated rings. The second-order valence-electron chi connectivity index (χ2n) is 4.06. The van der Waals surface area contributed by atoms with Gasteiger partial charge in [-0.1, -0.05) is 48.5 Å². The number of benzene rings is 2. The van der Waals surface area contributed by atoms with Crippen LogP contribution in [0.15, 0.2) is 48.5 Å². The van der Waals surface area contributed by atoms with E-state index in [0.717, 1.165) is 0 Å². The maximum absolute atomic E-state index is 5.22. The molecule has 2 aromatic rings. The Balaban J connectivity index is 2.21. The van der Waals surface area contributed by atoms with Gasteiger partial charge in [0.15, 0.2) is 0 Å². The van der Waals surface area contributed by atoms with Gasteiger partial charge < -0.3 is 4.84 Å². The van der Waals surface area contributed by atoms with E-state index in [1.165, 1.54) is 22.3 Å². The van der Waals surface area contributed by atoms with Crippen molar-refractivity contribution in [1.29, 1.82) is 0 Å². The minimum atomic E-state index is 0.275. The lowest BCUT2D eigenvalue weighted by Crippen LogP contribution is -2.10. The number of hydrogen-bond donors (Lipinski definition) is 1. The van der Waals surface area contributed by atoms with Crippen LogP contribution in [0.1, 0.15) is 17.0 Å². The first-order valence-electron chi connectivity index (χ1n) is 5.41. The molecule has 0 aliphatic heterocycles. The van der Waals surface area contributed by atoms with Crippen LogP contribution >= 0.6 is 0 Å². The lowest BCUT2D eigenvalue weighted by atomic mass is 9.98. The molecule has 0 radical (unpaired) electrons. The third-order valence-corrected chi connectivity index (χ3v) is 3.23. The normalized spacial score (nSPS) is 13.6. The van der Waals surface area contributed by atoms with Crippen molar-refractivity contribution in [1.82, 2.24) is 0 Å². The maximum Gasteiger partial charge on any atom is 0.0788 e. The van der Waals surface area contributed by atoms with Gasteiger partial charge in [-0.25, -0.2) is 5.90 Å². The summed E-state index contributed by atoms with van der Waals surface area (Å²) in [5.74, 6) is 5.50. The lowest BCUT2D eigenvalue weighted by molar-refractivity contribution is 0.131. The second kappa shape index (κ2) is 3.74. The van der Waals surface area contributed by atoms with Crippen LogP contribution < -0.4 is 5.90 Å². The molecule has 1 aliphatic carbocycles. The Morgan fingerprint density at radius 2 is 1.38 bits per heavy atom. The fourth-order valence-corrected chi connectivity index (χ4v) is 2.54. The first kappa shape index (κ1) is 9.58. The Labute approximate surface area is 94.6 Å². The Morgan fingerprint density at radius 3 is 1.88 bits per heavy atom. The summed E-state index contributed by atoms with van der Waals surface area (Å²) in [6.07, 6.45) is 0. The molecule has 80 valence electrons. The summed E-state index contributed by atoms with van der Waals surface area (Å²) in [5, 5.41) is 0. The van der Waals surface area contributed by atoms with E-state index in [-0.39, 0.29) is 5.92 Å². The van der Waals surface area contributed by atoms with Crippen LogP contribution in [0.3, 0.4) is 0 Å². The molecular weight excluding hydrogens is 198 g/mol. The summed E-state index contributed by atoms with van der Waals surface area (Å²) in [7, 11) is 0. The van der Waals surface area contributed by atoms with Gasteiger partial charge >= 0.3 is 0 Å². The summed E-state index contributed by atoms with van der Waals surface area (Å²) < 4.78 is 0. The SMILES string of the molecule is NOCC1c2ccccc2-c2ccccc21. The van der Waals surface area contributed by atoms with E-state index in [1.807, 2.05) is 0 Å². The van der Waals surface area contributed by atoms with Crippen molar-refractivity contribution in [2.45, 2.75) is 5.92 Å². The van der Waals surface area contributed by atoms with Crippen molar-refractivity contribution in [3.8, 4) is 11.1 Å². The monoisotopic (exact) mass is 211 g/mol. The van der Waals surface area contributed by atoms with Gasteiger partial charge in [0.25, 0.3) is 0 Å². The zero-order valence-corrected chi connectivity index (χ0v) is 8.89. The second-order valence-corrected chi connectivity index (χ2v) is 4.06.